The molecule has 17 heavy (non-hydrogen) atoms. The van der Waals surface area contributed by atoms with Crippen LogP contribution in [0.2, 0.25) is 5.02 Å². The van der Waals surface area contributed by atoms with Crippen LogP contribution in [0.25, 0.3) is 0 Å². The lowest BCUT2D eigenvalue weighted by molar-refractivity contribution is 0.286. The Labute approximate surface area is 108 Å². The molecule has 0 heterocycles. The Kier molecular flexibility index (Phi) is 5.25. The molecule has 96 valence electrons. The molecule has 0 unspecified atom stereocenters. The zero-order valence-corrected chi connectivity index (χ0v) is 11.3. The summed E-state index contributed by atoms with van der Waals surface area (Å²) in [6, 6.07) is 5.72. The van der Waals surface area contributed by atoms with E-state index in [1.807, 2.05) is 18.2 Å². The SMILES string of the molecule is COc1ccc(C(C)(C)CNCCO)c(Cl)c1. The van der Waals surface area contributed by atoms with Crippen molar-refractivity contribution in [1.29, 1.82) is 0 Å². The standard InChI is InChI=1S/C13H20ClNO2/c1-13(2,9-15-6-7-16)11-5-4-10(17-3)8-12(11)14/h4-5,8,15-16H,6-7,9H2,1-3H3. The number of ether oxygens (including phenoxy) is 1. The third-order valence-electron chi connectivity index (χ3n) is 2.76. The molecule has 1 aromatic rings. The minimum Gasteiger partial charge on any atom is -0.497 e. The molecule has 1 rings (SSSR count). The third kappa shape index (κ3) is 3.87. The average molecular weight is 258 g/mol. The van der Waals surface area contributed by atoms with E-state index in [0.29, 0.717) is 11.6 Å². The predicted octanol–water partition coefficient (Wildman–Crippen LogP) is 2.21. The summed E-state index contributed by atoms with van der Waals surface area (Å²) in [5, 5.41) is 12.6. The van der Waals surface area contributed by atoms with Gasteiger partial charge in [0, 0.05) is 23.5 Å². The van der Waals surface area contributed by atoms with Gasteiger partial charge in [-0.05, 0) is 17.7 Å². The van der Waals surface area contributed by atoms with Crippen LogP contribution in [0.15, 0.2) is 18.2 Å². The first kappa shape index (κ1) is 14.3. The largest absolute Gasteiger partial charge is 0.497 e. The van der Waals surface area contributed by atoms with Gasteiger partial charge in [0.15, 0.2) is 0 Å². The summed E-state index contributed by atoms with van der Waals surface area (Å²) in [6.45, 7) is 5.74. The summed E-state index contributed by atoms with van der Waals surface area (Å²) < 4.78 is 5.13. The Bertz CT molecular complexity index is 366. The van der Waals surface area contributed by atoms with E-state index in [9.17, 15) is 0 Å². The van der Waals surface area contributed by atoms with Crippen molar-refractivity contribution in [2.24, 2.45) is 0 Å². The Hall–Kier alpha value is -0.770. The molecule has 0 amide bonds. The average Bonchev–Trinajstić information content (AvgIpc) is 2.28. The third-order valence-corrected chi connectivity index (χ3v) is 3.07. The zero-order chi connectivity index (χ0) is 12.9. The van der Waals surface area contributed by atoms with E-state index in [1.165, 1.54) is 0 Å². The molecule has 3 nitrogen and oxygen atoms in total. The van der Waals surface area contributed by atoms with Gasteiger partial charge in [-0.15, -0.1) is 0 Å². The fraction of sp³-hybridized carbons (Fsp3) is 0.538. The second kappa shape index (κ2) is 6.24. The minimum absolute atomic E-state index is 0.0848. The molecule has 0 spiro atoms. The van der Waals surface area contributed by atoms with Gasteiger partial charge in [-0.1, -0.05) is 31.5 Å². The highest BCUT2D eigenvalue weighted by Gasteiger charge is 2.23. The molecular formula is C13H20ClNO2. The highest BCUT2D eigenvalue weighted by atomic mass is 35.5. The van der Waals surface area contributed by atoms with Crippen LogP contribution in [0.5, 0.6) is 5.75 Å². The first-order valence-electron chi connectivity index (χ1n) is 5.67. The number of rotatable bonds is 6. The number of hydrogen-bond acceptors (Lipinski definition) is 3. The van der Waals surface area contributed by atoms with Gasteiger partial charge in [-0.25, -0.2) is 0 Å². The van der Waals surface area contributed by atoms with Gasteiger partial charge in [-0.3, -0.25) is 0 Å². The fourth-order valence-corrected chi connectivity index (χ4v) is 2.17. The van der Waals surface area contributed by atoms with Crippen LogP contribution >= 0.6 is 11.6 Å². The van der Waals surface area contributed by atoms with Crippen molar-refractivity contribution in [1.82, 2.24) is 5.32 Å². The quantitative estimate of drug-likeness (QED) is 0.768. The van der Waals surface area contributed by atoms with Crippen molar-refractivity contribution >= 4 is 11.6 Å². The summed E-state index contributed by atoms with van der Waals surface area (Å²) >= 11 is 6.25. The van der Waals surface area contributed by atoms with E-state index in [4.69, 9.17) is 21.4 Å². The van der Waals surface area contributed by atoms with Gasteiger partial charge in [0.25, 0.3) is 0 Å². The summed E-state index contributed by atoms with van der Waals surface area (Å²) in [5.74, 6) is 0.762. The van der Waals surface area contributed by atoms with E-state index >= 15 is 0 Å². The summed E-state index contributed by atoms with van der Waals surface area (Å²) in [4.78, 5) is 0. The second-order valence-electron chi connectivity index (χ2n) is 4.63. The number of benzene rings is 1. The van der Waals surface area contributed by atoms with Crippen LogP contribution in [0.1, 0.15) is 19.4 Å². The molecule has 0 saturated carbocycles. The molecule has 0 aliphatic carbocycles. The van der Waals surface area contributed by atoms with Crippen molar-refractivity contribution in [2.75, 3.05) is 26.8 Å². The maximum Gasteiger partial charge on any atom is 0.120 e. The van der Waals surface area contributed by atoms with E-state index < -0.39 is 0 Å². The first-order chi connectivity index (χ1) is 8.01. The molecule has 0 aliphatic heterocycles. The number of hydrogen-bond donors (Lipinski definition) is 2. The topological polar surface area (TPSA) is 41.5 Å². The molecule has 0 aliphatic rings. The second-order valence-corrected chi connectivity index (χ2v) is 5.04. The van der Waals surface area contributed by atoms with Crippen molar-refractivity contribution < 1.29 is 9.84 Å². The minimum atomic E-state index is -0.0848. The zero-order valence-electron chi connectivity index (χ0n) is 10.6. The van der Waals surface area contributed by atoms with Crippen LogP contribution in [0.3, 0.4) is 0 Å². The Morgan fingerprint density at radius 1 is 1.41 bits per heavy atom. The molecular weight excluding hydrogens is 238 g/mol. The molecule has 0 saturated heterocycles. The van der Waals surface area contributed by atoms with Gasteiger partial charge in [-0.2, -0.15) is 0 Å². The van der Waals surface area contributed by atoms with E-state index in [0.717, 1.165) is 17.9 Å². The van der Waals surface area contributed by atoms with Crippen LogP contribution in [-0.4, -0.2) is 31.9 Å². The molecule has 2 N–H and O–H groups in total. The van der Waals surface area contributed by atoms with E-state index in [2.05, 4.69) is 19.2 Å². The van der Waals surface area contributed by atoms with E-state index in [-0.39, 0.29) is 12.0 Å². The monoisotopic (exact) mass is 257 g/mol. The molecule has 0 aromatic heterocycles. The van der Waals surface area contributed by atoms with Gasteiger partial charge in [0.2, 0.25) is 0 Å². The lowest BCUT2D eigenvalue weighted by Gasteiger charge is -2.27. The number of aliphatic hydroxyl groups excluding tert-OH is 1. The molecule has 0 radical (unpaired) electrons. The molecule has 0 bridgehead atoms. The maximum absolute atomic E-state index is 8.75. The van der Waals surface area contributed by atoms with Crippen molar-refractivity contribution in [3.63, 3.8) is 0 Å². The number of nitrogens with one attached hydrogen (secondary N) is 1. The van der Waals surface area contributed by atoms with Crippen LogP contribution in [0.4, 0.5) is 0 Å². The first-order valence-corrected chi connectivity index (χ1v) is 6.04. The summed E-state index contributed by atoms with van der Waals surface area (Å²) in [6.07, 6.45) is 0. The molecule has 4 heteroatoms. The number of halogens is 1. The van der Waals surface area contributed by atoms with Gasteiger partial charge in [0.05, 0.1) is 13.7 Å². The Morgan fingerprint density at radius 3 is 2.65 bits per heavy atom. The van der Waals surface area contributed by atoms with Crippen LogP contribution < -0.4 is 10.1 Å². The smallest absolute Gasteiger partial charge is 0.120 e. The number of aliphatic hydroxyl groups is 1. The van der Waals surface area contributed by atoms with Crippen molar-refractivity contribution in [2.45, 2.75) is 19.3 Å². The van der Waals surface area contributed by atoms with Gasteiger partial charge >= 0.3 is 0 Å². The highest BCUT2D eigenvalue weighted by molar-refractivity contribution is 6.31. The summed E-state index contributed by atoms with van der Waals surface area (Å²) in [5.41, 5.74) is 0.990. The molecule has 0 atom stereocenters. The van der Waals surface area contributed by atoms with Crippen LogP contribution in [0, 0.1) is 0 Å². The lowest BCUT2D eigenvalue weighted by atomic mass is 9.84. The predicted molar refractivity (Wildman–Crippen MR) is 71.0 cm³/mol. The molecule has 1 aromatic carbocycles. The molecule has 0 fully saturated rings. The lowest BCUT2D eigenvalue weighted by Crippen LogP contribution is -2.34. The maximum atomic E-state index is 8.75. The van der Waals surface area contributed by atoms with Gasteiger partial charge < -0.3 is 15.2 Å². The van der Waals surface area contributed by atoms with Gasteiger partial charge in [0.1, 0.15) is 5.75 Å². The van der Waals surface area contributed by atoms with Crippen molar-refractivity contribution in [3.05, 3.63) is 28.8 Å². The summed E-state index contributed by atoms with van der Waals surface area (Å²) in [7, 11) is 1.62. The Balaban J connectivity index is 2.82. The van der Waals surface area contributed by atoms with E-state index in [1.54, 1.807) is 7.11 Å². The highest BCUT2D eigenvalue weighted by Crippen LogP contribution is 2.32. The Morgan fingerprint density at radius 2 is 2.12 bits per heavy atom. The number of methoxy groups -OCH3 is 1. The van der Waals surface area contributed by atoms with Crippen molar-refractivity contribution in [3.8, 4) is 5.75 Å². The fourth-order valence-electron chi connectivity index (χ4n) is 1.75. The van der Waals surface area contributed by atoms with Crippen LogP contribution in [-0.2, 0) is 5.41 Å². The normalized spacial score (nSPS) is 11.6.